The Morgan fingerprint density at radius 3 is 3.00 bits per heavy atom. The summed E-state index contributed by atoms with van der Waals surface area (Å²) in [6.07, 6.45) is 5.01. The van der Waals surface area contributed by atoms with Gasteiger partial charge in [0.25, 0.3) is 0 Å². The summed E-state index contributed by atoms with van der Waals surface area (Å²) in [5, 5.41) is 3.27. The van der Waals surface area contributed by atoms with Gasteiger partial charge in [-0.25, -0.2) is 0 Å². The van der Waals surface area contributed by atoms with E-state index in [-0.39, 0.29) is 11.9 Å². The molecular weight excluding hydrogens is 204 g/mol. The second kappa shape index (κ2) is 7.41. The summed E-state index contributed by atoms with van der Waals surface area (Å²) >= 11 is 0. The number of carbonyl (C=O) groups is 1. The maximum atomic E-state index is 12.2. The molecule has 0 spiro atoms. The lowest BCUT2D eigenvalue weighted by molar-refractivity contribution is -0.134. The molecule has 92 valence electrons. The number of nitrogens with one attached hydrogen (secondary N) is 1. The number of piperidine rings is 1. The number of ether oxygens (including phenoxy) is 1. The summed E-state index contributed by atoms with van der Waals surface area (Å²) in [5.41, 5.74) is 0. The molecule has 1 aliphatic rings. The molecule has 0 unspecified atom stereocenters. The number of carbonyl (C=O) groups excluding carboxylic acids is 1. The highest BCUT2D eigenvalue weighted by Crippen LogP contribution is 2.09. The van der Waals surface area contributed by atoms with E-state index < -0.39 is 0 Å². The molecule has 1 aliphatic heterocycles. The predicted molar refractivity (Wildman–Crippen MR) is 64.3 cm³/mol. The molecular formula is C12H22N2O2. The van der Waals surface area contributed by atoms with Gasteiger partial charge >= 0.3 is 0 Å². The molecule has 0 bridgehead atoms. The standard InChI is InChI=1S/C12H22N2O2/c1-3-8-14(9-10-16-2)12(15)11-6-4-5-7-13-11/h3,11,13H,1,4-10H2,2H3/t11-/m0/s1. The molecule has 1 rings (SSSR count). The number of rotatable bonds is 6. The summed E-state index contributed by atoms with van der Waals surface area (Å²) in [4.78, 5) is 14.0. The van der Waals surface area contributed by atoms with Crippen LogP contribution in [-0.2, 0) is 9.53 Å². The van der Waals surface area contributed by atoms with Gasteiger partial charge in [-0.2, -0.15) is 0 Å². The maximum absolute atomic E-state index is 12.2. The van der Waals surface area contributed by atoms with E-state index in [9.17, 15) is 4.79 Å². The molecule has 0 saturated carbocycles. The molecule has 0 aromatic carbocycles. The molecule has 4 heteroatoms. The number of amides is 1. The first kappa shape index (κ1) is 13.2. The SMILES string of the molecule is C=CCN(CCOC)C(=O)[C@@H]1CCCCN1. The fourth-order valence-electron chi connectivity index (χ4n) is 1.93. The minimum absolute atomic E-state index is 0.00874. The van der Waals surface area contributed by atoms with Gasteiger partial charge in [0.1, 0.15) is 0 Å². The normalized spacial score (nSPS) is 20.4. The fourth-order valence-corrected chi connectivity index (χ4v) is 1.93. The van der Waals surface area contributed by atoms with Gasteiger partial charge in [-0.15, -0.1) is 6.58 Å². The van der Waals surface area contributed by atoms with Crippen LogP contribution < -0.4 is 5.32 Å². The third-order valence-corrected chi connectivity index (χ3v) is 2.83. The van der Waals surface area contributed by atoms with Gasteiger partial charge in [0, 0.05) is 20.2 Å². The Labute approximate surface area is 97.6 Å². The number of nitrogens with zero attached hydrogens (tertiary/aromatic N) is 1. The second-order valence-electron chi connectivity index (χ2n) is 4.07. The Hall–Kier alpha value is -0.870. The van der Waals surface area contributed by atoms with Gasteiger partial charge in [0.2, 0.25) is 5.91 Å². The Morgan fingerprint density at radius 1 is 1.62 bits per heavy atom. The minimum atomic E-state index is -0.00874. The van der Waals surface area contributed by atoms with Crippen LogP contribution in [0.5, 0.6) is 0 Å². The summed E-state index contributed by atoms with van der Waals surface area (Å²) in [6.45, 7) is 6.44. The monoisotopic (exact) mass is 226 g/mol. The molecule has 0 aromatic heterocycles. The molecule has 4 nitrogen and oxygen atoms in total. The lowest BCUT2D eigenvalue weighted by atomic mass is 10.0. The number of methoxy groups -OCH3 is 1. The zero-order chi connectivity index (χ0) is 11.8. The lowest BCUT2D eigenvalue weighted by Gasteiger charge is -2.29. The van der Waals surface area contributed by atoms with E-state index in [1.807, 2.05) is 0 Å². The van der Waals surface area contributed by atoms with Crippen molar-refractivity contribution >= 4 is 5.91 Å². The van der Waals surface area contributed by atoms with Crippen molar-refractivity contribution in [1.82, 2.24) is 10.2 Å². The van der Waals surface area contributed by atoms with E-state index in [0.29, 0.717) is 19.7 Å². The fraction of sp³-hybridized carbons (Fsp3) is 0.750. The molecule has 1 N–H and O–H groups in total. The van der Waals surface area contributed by atoms with Crippen molar-refractivity contribution in [2.75, 3.05) is 33.4 Å². The highest BCUT2D eigenvalue weighted by Gasteiger charge is 2.24. The Bertz CT molecular complexity index is 225. The summed E-state index contributed by atoms with van der Waals surface area (Å²) < 4.78 is 5.01. The van der Waals surface area contributed by atoms with Crippen LogP contribution in [0.15, 0.2) is 12.7 Å². The predicted octanol–water partition coefficient (Wildman–Crippen LogP) is 0.789. The van der Waals surface area contributed by atoms with Crippen molar-refractivity contribution in [3.63, 3.8) is 0 Å². The average molecular weight is 226 g/mol. The average Bonchev–Trinajstić information content (AvgIpc) is 2.35. The summed E-state index contributed by atoms with van der Waals surface area (Å²) in [7, 11) is 1.65. The molecule has 1 fully saturated rings. The quantitative estimate of drug-likeness (QED) is 0.681. The van der Waals surface area contributed by atoms with Crippen LogP contribution in [-0.4, -0.2) is 50.2 Å². The van der Waals surface area contributed by atoms with Gasteiger partial charge in [-0.3, -0.25) is 4.79 Å². The van der Waals surface area contributed by atoms with E-state index in [0.717, 1.165) is 19.4 Å². The Balaban J connectivity index is 2.47. The third-order valence-electron chi connectivity index (χ3n) is 2.83. The van der Waals surface area contributed by atoms with Crippen LogP contribution in [0.1, 0.15) is 19.3 Å². The van der Waals surface area contributed by atoms with Crippen LogP contribution in [0.2, 0.25) is 0 Å². The molecule has 1 atom stereocenters. The van der Waals surface area contributed by atoms with Crippen LogP contribution >= 0.6 is 0 Å². The molecule has 16 heavy (non-hydrogen) atoms. The highest BCUT2D eigenvalue weighted by atomic mass is 16.5. The maximum Gasteiger partial charge on any atom is 0.240 e. The van der Waals surface area contributed by atoms with Gasteiger partial charge in [-0.1, -0.05) is 12.5 Å². The Kier molecular flexibility index (Phi) is 6.11. The largest absolute Gasteiger partial charge is 0.383 e. The van der Waals surface area contributed by atoms with Crippen molar-refractivity contribution in [1.29, 1.82) is 0 Å². The highest BCUT2D eigenvalue weighted by molar-refractivity contribution is 5.82. The summed E-state index contributed by atoms with van der Waals surface area (Å²) in [6, 6.07) is -0.00874. The molecule has 1 heterocycles. The third kappa shape index (κ3) is 3.94. The van der Waals surface area contributed by atoms with E-state index in [1.165, 1.54) is 6.42 Å². The molecule has 1 saturated heterocycles. The minimum Gasteiger partial charge on any atom is -0.383 e. The first-order chi connectivity index (χ1) is 7.79. The smallest absolute Gasteiger partial charge is 0.240 e. The van der Waals surface area contributed by atoms with E-state index in [1.54, 1.807) is 18.1 Å². The molecule has 0 radical (unpaired) electrons. The van der Waals surface area contributed by atoms with Gasteiger partial charge < -0.3 is 15.0 Å². The van der Waals surface area contributed by atoms with Crippen molar-refractivity contribution in [3.8, 4) is 0 Å². The van der Waals surface area contributed by atoms with Crippen molar-refractivity contribution in [2.45, 2.75) is 25.3 Å². The van der Waals surface area contributed by atoms with Gasteiger partial charge in [0.05, 0.1) is 12.6 Å². The molecule has 0 aliphatic carbocycles. The molecule has 0 aromatic rings. The zero-order valence-electron chi connectivity index (χ0n) is 10.1. The number of hydrogen-bond donors (Lipinski definition) is 1. The number of hydrogen-bond acceptors (Lipinski definition) is 3. The first-order valence-electron chi connectivity index (χ1n) is 5.91. The van der Waals surface area contributed by atoms with Crippen LogP contribution in [0, 0.1) is 0 Å². The van der Waals surface area contributed by atoms with E-state index >= 15 is 0 Å². The topological polar surface area (TPSA) is 41.6 Å². The zero-order valence-corrected chi connectivity index (χ0v) is 10.1. The van der Waals surface area contributed by atoms with Crippen LogP contribution in [0.4, 0.5) is 0 Å². The lowest BCUT2D eigenvalue weighted by Crippen LogP contribution is -2.49. The Morgan fingerprint density at radius 2 is 2.44 bits per heavy atom. The van der Waals surface area contributed by atoms with E-state index in [4.69, 9.17) is 4.74 Å². The summed E-state index contributed by atoms with van der Waals surface area (Å²) in [5.74, 6) is 0.177. The van der Waals surface area contributed by atoms with Crippen LogP contribution in [0.25, 0.3) is 0 Å². The van der Waals surface area contributed by atoms with Gasteiger partial charge in [0.15, 0.2) is 0 Å². The first-order valence-corrected chi connectivity index (χ1v) is 5.91. The van der Waals surface area contributed by atoms with Crippen LogP contribution in [0.3, 0.4) is 0 Å². The molecule has 1 amide bonds. The second-order valence-corrected chi connectivity index (χ2v) is 4.07. The van der Waals surface area contributed by atoms with Crippen molar-refractivity contribution in [3.05, 3.63) is 12.7 Å². The van der Waals surface area contributed by atoms with E-state index in [2.05, 4.69) is 11.9 Å². The van der Waals surface area contributed by atoms with Gasteiger partial charge in [-0.05, 0) is 19.4 Å². The van der Waals surface area contributed by atoms with Crippen molar-refractivity contribution in [2.24, 2.45) is 0 Å². The van der Waals surface area contributed by atoms with Crippen molar-refractivity contribution < 1.29 is 9.53 Å².